The molecule has 0 bridgehead atoms. The Morgan fingerprint density at radius 1 is 0.882 bits per heavy atom. The fourth-order valence-electron chi connectivity index (χ4n) is 6.05. The molecule has 4 aromatic carbocycles. The van der Waals surface area contributed by atoms with Crippen molar-refractivity contribution in [2.45, 2.75) is 52.2 Å². The number of hydrogen-bond donors (Lipinski definition) is 0. The molecular weight excluding hydrogens is 667 g/mol. The maximum atomic E-state index is 14.7. The number of benzene rings is 4. The molecule has 10 nitrogen and oxygen atoms in total. The van der Waals surface area contributed by atoms with Gasteiger partial charge in [0.05, 0.1) is 12.7 Å². The van der Waals surface area contributed by atoms with Crippen LogP contribution in [0, 0.1) is 5.92 Å². The topological polar surface area (TPSA) is 105 Å². The van der Waals surface area contributed by atoms with Crippen LogP contribution in [-0.2, 0) is 35.5 Å². The van der Waals surface area contributed by atoms with E-state index in [-0.39, 0.29) is 36.2 Å². The number of fused-ring (bicyclic) bond motifs is 2. The van der Waals surface area contributed by atoms with Crippen LogP contribution in [0.3, 0.4) is 0 Å². The molecule has 13 heteroatoms. The minimum Gasteiger partial charge on any atom is -0.489 e. The highest BCUT2D eigenvalue weighted by Crippen LogP contribution is 2.42. The number of carbonyl (C=O) groups excluding carboxylic acids is 1. The predicted octanol–water partition coefficient (Wildman–Crippen LogP) is 7.86. The quantitative estimate of drug-likeness (QED) is 0.113. The first-order valence-electron chi connectivity index (χ1n) is 16.5. The summed E-state index contributed by atoms with van der Waals surface area (Å²) in [5, 5.41) is 7.72. The van der Waals surface area contributed by atoms with Gasteiger partial charge in [-0.05, 0) is 76.7 Å². The largest absolute Gasteiger partial charge is 0.489 e. The second kappa shape index (κ2) is 15.3. The Balaban J connectivity index is 1.28. The van der Waals surface area contributed by atoms with Crippen LogP contribution in [0.4, 0.5) is 13.2 Å². The highest BCUT2D eigenvalue weighted by atomic mass is 19.4. The molecule has 1 aliphatic rings. The Hall–Kier alpha value is -5.30. The van der Waals surface area contributed by atoms with E-state index in [1.807, 2.05) is 31.9 Å². The van der Waals surface area contributed by atoms with E-state index in [1.165, 1.54) is 19.2 Å². The molecule has 1 unspecified atom stereocenters. The number of carbonyl (C=O) groups is 1. The zero-order valence-corrected chi connectivity index (χ0v) is 28.7. The average Bonchev–Trinajstić information content (AvgIpc) is 3.59. The lowest BCUT2D eigenvalue weighted by Crippen LogP contribution is -2.39. The fraction of sp³-hybridized carbons (Fsp3) is 0.342. The summed E-state index contributed by atoms with van der Waals surface area (Å²) in [5.41, 5.74) is 2.22. The normalized spacial score (nSPS) is 13.4. The molecule has 0 fully saturated rings. The Bertz CT molecular complexity index is 2000. The third kappa shape index (κ3) is 8.37. The summed E-state index contributed by atoms with van der Waals surface area (Å²) in [4.78, 5) is 14.6. The van der Waals surface area contributed by atoms with Gasteiger partial charge in [-0.15, -0.1) is 0 Å². The molecule has 0 N–H and O–H groups in total. The van der Waals surface area contributed by atoms with Crippen molar-refractivity contribution < 1.29 is 46.3 Å². The Morgan fingerprint density at radius 2 is 1.67 bits per heavy atom. The van der Waals surface area contributed by atoms with Gasteiger partial charge in [-0.1, -0.05) is 50.2 Å². The van der Waals surface area contributed by atoms with E-state index in [9.17, 15) is 18.0 Å². The molecule has 0 radical (unpaired) electrons. The van der Waals surface area contributed by atoms with Crippen molar-refractivity contribution in [2.24, 2.45) is 5.92 Å². The smallest absolute Gasteiger partial charge is 0.417 e. The van der Waals surface area contributed by atoms with Gasteiger partial charge in [0.2, 0.25) is 0 Å². The Labute approximate surface area is 293 Å². The van der Waals surface area contributed by atoms with Crippen molar-refractivity contribution in [3.8, 4) is 34.1 Å². The molecule has 0 saturated heterocycles. The maximum absolute atomic E-state index is 14.7. The summed E-state index contributed by atoms with van der Waals surface area (Å²) in [6, 6.07) is 19.2. The van der Waals surface area contributed by atoms with Gasteiger partial charge in [0, 0.05) is 23.7 Å². The van der Waals surface area contributed by atoms with Crippen LogP contribution in [0.5, 0.6) is 23.0 Å². The van der Waals surface area contributed by atoms with Gasteiger partial charge in [-0.25, -0.2) is 4.63 Å². The van der Waals surface area contributed by atoms with E-state index in [0.29, 0.717) is 65.8 Å². The second-order valence-corrected chi connectivity index (χ2v) is 12.7. The summed E-state index contributed by atoms with van der Waals surface area (Å²) in [6.07, 6.45) is -4.09. The van der Waals surface area contributed by atoms with E-state index in [0.717, 1.165) is 11.1 Å². The molecule has 0 amide bonds. The van der Waals surface area contributed by atoms with Crippen LogP contribution in [0.15, 0.2) is 77.4 Å². The lowest BCUT2D eigenvalue weighted by molar-refractivity contribution is -0.147. The molecule has 0 spiro atoms. The van der Waals surface area contributed by atoms with Gasteiger partial charge in [-0.3, -0.25) is 9.69 Å². The molecule has 1 aliphatic heterocycles. The summed E-state index contributed by atoms with van der Waals surface area (Å²) in [5.74, 6) is 1.51. The SMILES string of the molecule is COC(=O)C(CC(C)C)N(C)Cc1ccc(OCc2cccc(-c3ccc4c(c3)OCCO4)c2C(F)(F)F)cc1OCc1ccc2nonc2c1. The molecule has 2 heterocycles. The molecule has 0 saturated carbocycles. The highest BCUT2D eigenvalue weighted by Gasteiger charge is 2.37. The van der Waals surface area contributed by atoms with Crippen molar-refractivity contribution >= 4 is 17.0 Å². The van der Waals surface area contributed by atoms with E-state index in [1.54, 1.807) is 54.6 Å². The summed E-state index contributed by atoms with van der Waals surface area (Å²) in [6.45, 7) is 4.86. The highest BCUT2D eigenvalue weighted by molar-refractivity contribution is 5.76. The molecule has 268 valence electrons. The van der Waals surface area contributed by atoms with Crippen LogP contribution in [-0.4, -0.2) is 54.6 Å². The number of halogens is 3. The first kappa shape index (κ1) is 35.5. The first-order chi connectivity index (χ1) is 24.5. The monoisotopic (exact) mass is 705 g/mol. The van der Waals surface area contributed by atoms with Crippen LogP contribution in [0.2, 0.25) is 0 Å². The minimum atomic E-state index is -4.67. The van der Waals surface area contributed by atoms with Crippen LogP contribution in [0.1, 0.15) is 42.5 Å². The van der Waals surface area contributed by atoms with Gasteiger partial charge < -0.3 is 23.7 Å². The van der Waals surface area contributed by atoms with Crippen LogP contribution in [0.25, 0.3) is 22.2 Å². The number of alkyl halides is 3. The lowest BCUT2D eigenvalue weighted by Gasteiger charge is -2.28. The van der Waals surface area contributed by atoms with Gasteiger partial charge in [0.15, 0.2) is 11.5 Å². The zero-order chi connectivity index (χ0) is 36.1. The van der Waals surface area contributed by atoms with Crippen molar-refractivity contribution in [2.75, 3.05) is 27.4 Å². The number of aromatic nitrogens is 2. The summed E-state index contributed by atoms with van der Waals surface area (Å²) < 4.78 is 77.4. The Kier molecular flexibility index (Phi) is 10.7. The molecule has 0 aliphatic carbocycles. The molecule has 6 rings (SSSR count). The van der Waals surface area contributed by atoms with Gasteiger partial charge in [0.1, 0.15) is 55.0 Å². The van der Waals surface area contributed by atoms with E-state index >= 15 is 0 Å². The van der Waals surface area contributed by atoms with Crippen molar-refractivity contribution in [1.82, 2.24) is 15.2 Å². The lowest BCUT2D eigenvalue weighted by atomic mass is 9.94. The first-order valence-corrected chi connectivity index (χ1v) is 16.5. The number of ether oxygens (including phenoxy) is 5. The summed E-state index contributed by atoms with van der Waals surface area (Å²) in [7, 11) is 3.19. The molecule has 1 aromatic heterocycles. The Morgan fingerprint density at radius 3 is 2.43 bits per heavy atom. The number of esters is 1. The molecular formula is C38H38F3N3O7. The van der Waals surface area contributed by atoms with Crippen molar-refractivity contribution in [1.29, 1.82) is 0 Å². The predicted molar refractivity (Wildman–Crippen MR) is 182 cm³/mol. The van der Waals surface area contributed by atoms with Gasteiger partial charge in [-0.2, -0.15) is 13.2 Å². The maximum Gasteiger partial charge on any atom is 0.417 e. The third-order valence-electron chi connectivity index (χ3n) is 8.55. The number of methoxy groups -OCH3 is 1. The second-order valence-electron chi connectivity index (χ2n) is 12.7. The van der Waals surface area contributed by atoms with Crippen LogP contribution < -0.4 is 18.9 Å². The van der Waals surface area contributed by atoms with Crippen LogP contribution >= 0.6 is 0 Å². The van der Waals surface area contributed by atoms with Crippen molar-refractivity contribution in [3.63, 3.8) is 0 Å². The zero-order valence-electron chi connectivity index (χ0n) is 28.7. The fourth-order valence-corrected chi connectivity index (χ4v) is 6.05. The molecule has 1 atom stereocenters. The number of hydrogen-bond acceptors (Lipinski definition) is 10. The standard InChI is InChI=1S/C38H38F3N3O7/c1-23(2)16-32(37(45)46-4)44(3)20-26-9-11-28(19-34(26)50-21-24-8-12-30-31(17-24)43-51-42-30)49-22-27-6-5-7-29(36(27)38(39,40)41)25-10-13-33-35(18-25)48-15-14-47-33/h5-13,17-19,23,32H,14-16,20-22H2,1-4H3. The minimum absolute atomic E-state index is 0.00354. The number of nitrogens with zero attached hydrogens (tertiary/aromatic N) is 3. The van der Waals surface area contributed by atoms with E-state index < -0.39 is 17.8 Å². The van der Waals surface area contributed by atoms with Gasteiger partial charge >= 0.3 is 12.1 Å². The summed E-state index contributed by atoms with van der Waals surface area (Å²) >= 11 is 0. The number of rotatable bonds is 13. The number of likely N-dealkylation sites (N-methyl/N-ethyl adjacent to an activating group) is 1. The molecule has 5 aromatic rings. The van der Waals surface area contributed by atoms with E-state index in [2.05, 4.69) is 10.3 Å². The average molecular weight is 706 g/mol. The third-order valence-corrected chi connectivity index (χ3v) is 8.55. The van der Waals surface area contributed by atoms with E-state index in [4.69, 9.17) is 28.3 Å². The molecule has 51 heavy (non-hydrogen) atoms. The van der Waals surface area contributed by atoms with Crippen molar-refractivity contribution in [3.05, 3.63) is 95.1 Å². The van der Waals surface area contributed by atoms with Gasteiger partial charge in [0.25, 0.3) is 0 Å².